The predicted octanol–water partition coefficient (Wildman–Crippen LogP) is 7.70. The van der Waals surface area contributed by atoms with E-state index in [1.807, 2.05) is 93.0 Å². The molecule has 0 bridgehead atoms. The van der Waals surface area contributed by atoms with E-state index in [9.17, 15) is 14.7 Å². The minimum absolute atomic E-state index is 0.0195. The van der Waals surface area contributed by atoms with Crippen LogP contribution in [0.5, 0.6) is 0 Å². The van der Waals surface area contributed by atoms with Crippen molar-refractivity contribution in [1.29, 1.82) is 0 Å². The summed E-state index contributed by atoms with van der Waals surface area (Å²) in [7, 11) is 0. The van der Waals surface area contributed by atoms with E-state index in [-0.39, 0.29) is 18.4 Å². The normalized spacial score (nSPS) is 16.9. The molecule has 3 aliphatic rings. The summed E-state index contributed by atoms with van der Waals surface area (Å²) in [4.78, 5) is 37.1. The third kappa shape index (κ3) is 13.6. The second-order valence-corrected chi connectivity index (χ2v) is 13.1. The predicted molar refractivity (Wildman–Crippen MR) is 220 cm³/mol. The monoisotopic (exact) mass is 714 g/mol. The molecule has 286 valence electrons. The maximum absolute atomic E-state index is 13.7. The first-order valence-corrected chi connectivity index (χ1v) is 19.4. The Morgan fingerprint density at radius 1 is 0.885 bits per heavy atom. The fraction of sp³-hybridized carbons (Fsp3) is 0.500. The molecule has 0 aliphatic carbocycles. The number of aliphatic hydroxyl groups is 1. The Bertz CT molecular complexity index is 1420. The maximum atomic E-state index is 13.7. The first-order valence-electron chi connectivity index (χ1n) is 19.4. The number of piperazine rings is 1. The van der Waals surface area contributed by atoms with Crippen molar-refractivity contribution in [3.05, 3.63) is 114 Å². The van der Waals surface area contributed by atoms with E-state index in [2.05, 4.69) is 55.0 Å². The molecule has 5 rings (SSSR count). The minimum Gasteiger partial charge on any atom is -0.378 e. The molecule has 2 aromatic rings. The number of hydrogen-bond donors (Lipinski definition) is 1. The summed E-state index contributed by atoms with van der Waals surface area (Å²) in [5, 5.41) is 10.8. The van der Waals surface area contributed by atoms with E-state index in [0.717, 1.165) is 62.4 Å². The van der Waals surface area contributed by atoms with Crippen LogP contribution in [0.15, 0.2) is 92.1 Å². The molecule has 2 aromatic carbocycles. The molecule has 1 atom stereocenters. The van der Waals surface area contributed by atoms with Gasteiger partial charge in [-0.05, 0) is 75.0 Å². The van der Waals surface area contributed by atoms with Crippen LogP contribution in [0.2, 0.25) is 0 Å². The lowest BCUT2D eigenvalue weighted by molar-refractivity contribution is -0.122. The van der Waals surface area contributed by atoms with Gasteiger partial charge in [-0.2, -0.15) is 0 Å². The van der Waals surface area contributed by atoms with Gasteiger partial charge in [0.1, 0.15) is 6.23 Å². The Hall–Kier alpha value is -3.82. The molecule has 8 heteroatoms. The number of benzene rings is 2. The highest BCUT2D eigenvalue weighted by molar-refractivity contribution is 5.97. The van der Waals surface area contributed by atoms with E-state index < -0.39 is 6.23 Å². The van der Waals surface area contributed by atoms with Gasteiger partial charge in [0, 0.05) is 69.5 Å². The third-order valence-corrected chi connectivity index (χ3v) is 9.30. The van der Waals surface area contributed by atoms with Gasteiger partial charge in [0.25, 0.3) is 5.91 Å². The number of allylic oxidation sites excluding steroid dienone is 3. The van der Waals surface area contributed by atoms with E-state index in [1.165, 1.54) is 5.56 Å². The summed E-state index contributed by atoms with van der Waals surface area (Å²) >= 11 is 0. The first kappa shape index (κ1) is 44.3. The fourth-order valence-corrected chi connectivity index (χ4v) is 6.41. The van der Waals surface area contributed by atoms with Gasteiger partial charge >= 0.3 is 0 Å². The van der Waals surface area contributed by atoms with Gasteiger partial charge in [-0.25, -0.2) is 0 Å². The standard InChI is InChI=1S/C35H47N5O3.C5H8.2C2H6/c1-4-8-33(41)39-25-31-15-10-28(9-7-16-36-19-21-37(22-20-36)27(2)3)23-32(31)40(34(42)26-39)24-29-11-13-30(14-12-29)35(43)38-17-5-6-18-38;1-3-5-4-2;2*1-2/h4-6,10-15,23,27,33,41H,1,7-9,16-22,24-26H2,2-3H3;3-5H,1H2,2H3;2*1-2H3/b;5-4+;;. The summed E-state index contributed by atoms with van der Waals surface area (Å²) < 4.78 is 0. The molecule has 3 aliphatic heterocycles. The van der Waals surface area contributed by atoms with E-state index in [4.69, 9.17) is 0 Å². The molecule has 8 nitrogen and oxygen atoms in total. The Balaban J connectivity index is 0.000000945. The number of hydrogen-bond acceptors (Lipinski definition) is 6. The van der Waals surface area contributed by atoms with Gasteiger partial charge in [-0.15, -0.1) is 6.58 Å². The summed E-state index contributed by atoms with van der Waals surface area (Å²) in [6.07, 6.45) is 12.9. The molecule has 0 spiro atoms. The van der Waals surface area contributed by atoms with Crippen LogP contribution in [0.25, 0.3) is 0 Å². The zero-order valence-electron chi connectivity index (χ0n) is 33.3. The van der Waals surface area contributed by atoms with E-state index in [1.54, 1.807) is 17.1 Å². The summed E-state index contributed by atoms with van der Waals surface area (Å²) in [6, 6.07) is 14.7. The molecule has 1 saturated heterocycles. The number of aryl methyl sites for hydroxylation is 1. The summed E-state index contributed by atoms with van der Waals surface area (Å²) in [5.41, 5.74) is 4.77. The third-order valence-electron chi connectivity index (χ3n) is 9.30. The SMILES string of the molecule is C=C/C=C/C.C=CCC(O)N1CC(=O)N(Cc2ccc(C(=O)N3CC=CC3)cc2)c2cc(CCCN3CCN(C(C)C)CC3)ccc2C1.CC.CC. The van der Waals surface area contributed by atoms with Gasteiger partial charge in [-0.3, -0.25) is 19.4 Å². The second-order valence-electron chi connectivity index (χ2n) is 13.1. The van der Waals surface area contributed by atoms with Crippen LogP contribution in [0, 0.1) is 0 Å². The average molecular weight is 714 g/mol. The van der Waals surface area contributed by atoms with Crippen LogP contribution < -0.4 is 4.90 Å². The minimum atomic E-state index is -0.768. The molecule has 1 unspecified atom stereocenters. The zero-order valence-corrected chi connectivity index (χ0v) is 33.3. The topological polar surface area (TPSA) is 70.6 Å². The lowest BCUT2D eigenvalue weighted by atomic mass is 10.0. The Kier molecular flexibility index (Phi) is 20.8. The van der Waals surface area contributed by atoms with E-state index in [0.29, 0.717) is 44.2 Å². The molecular formula is C44H67N5O3. The van der Waals surface area contributed by atoms with Crippen LogP contribution in [0.4, 0.5) is 5.69 Å². The number of carbonyl (C=O) groups excluding carboxylic acids is 2. The summed E-state index contributed by atoms with van der Waals surface area (Å²) in [6.45, 7) is 29.6. The Labute approximate surface area is 315 Å². The Morgan fingerprint density at radius 2 is 1.52 bits per heavy atom. The van der Waals surface area contributed by atoms with Gasteiger partial charge in [0.2, 0.25) is 5.91 Å². The van der Waals surface area contributed by atoms with Gasteiger partial charge < -0.3 is 19.8 Å². The molecular weight excluding hydrogens is 647 g/mol. The smallest absolute Gasteiger partial charge is 0.254 e. The first-order chi connectivity index (χ1) is 25.2. The lowest BCUT2D eigenvalue weighted by Gasteiger charge is -2.36. The van der Waals surface area contributed by atoms with Crippen molar-refractivity contribution in [3.63, 3.8) is 0 Å². The van der Waals surface area contributed by atoms with Gasteiger partial charge in [-0.1, -0.05) is 95.0 Å². The number of aliphatic hydroxyl groups excluding tert-OH is 1. The molecule has 52 heavy (non-hydrogen) atoms. The molecule has 3 heterocycles. The van der Waals surface area contributed by atoms with Gasteiger partial charge in [0.05, 0.1) is 13.1 Å². The van der Waals surface area contributed by atoms with Crippen LogP contribution in [-0.4, -0.2) is 101 Å². The zero-order chi connectivity index (χ0) is 38.5. The number of anilines is 1. The fourth-order valence-electron chi connectivity index (χ4n) is 6.41. The second kappa shape index (κ2) is 24.4. The average Bonchev–Trinajstić information content (AvgIpc) is 3.68. The van der Waals surface area contributed by atoms with Crippen molar-refractivity contribution >= 4 is 17.5 Å². The molecule has 0 saturated carbocycles. The van der Waals surface area contributed by atoms with E-state index >= 15 is 0 Å². The molecule has 0 radical (unpaired) electrons. The van der Waals surface area contributed by atoms with Crippen LogP contribution in [0.1, 0.15) is 88.4 Å². The van der Waals surface area contributed by atoms with Crippen molar-refractivity contribution in [2.45, 2.75) is 93.1 Å². The van der Waals surface area contributed by atoms with Crippen molar-refractivity contribution in [2.24, 2.45) is 0 Å². The largest absolute Gasteiger partial charge is 0.378 e. The maximum Gasteiger partial charge on any atom is 0.254 e. The highest BCUT2D eigenvalue weighted by Crippen LogP contribution is 2.30. The van der Waals surface area contributed by atoms with Crippen LogP contribution >= 0.6 is 0 Å². The number of rotatable bonds is 12. The van der Waals surface area contributed by atoms with Crippen LogP contribution in [0.3, 0.4) is 0 Å². The lowest BCUT2D eigenvalue weighted by Crippen LogP contribution is -2.48. The van der Waals surface area contributed by atoms with Crippen molar-refractivity contribution in [1.82, 2.24) is 19.6 Å². The number of nitrogens with zero attached hydrogens (tertiary/aromatic N) is 5. The summed E-state index contributed by atoms with van der Waals surface area (Å²) in [5.74, 6) is -0.0311. The quantitative estimate of drug-likeness (QED) is 0.180. The van der Waals surface area contributed by atoms with Crippen molar-refractivity contribution in [2.75, 3.05) is 57.3 Å². The van der Waals surface area contributed by atoms with Gasteiger partial charge in [0.15, 0.2) is 0 Å². The molecule has 1 fully saturated rings. The van der Waals surface area contributed by atoms with Crippen LogP contribution in [-0.2, 0) is 24.3 Å². The molecule has 1 N–H and O–H groups in total. The Morgan fingerprint density at radius 3 is 2.08 bits per heavy atom. The molecule has 2 amide bonds. The van der Waals surface area contributed by atoms with Crippen molar-refractivity contribution in [3.8, 4) is 0 Å². The molecule has 0 aromatic heterocycles. The number of fused-ring (bicyclic) bond motifs is 1. The highest BCUT2D eigenvalue weighted by atomic mass is 16.3. The number of carbonyl (C=O) groups is 2. The highest BCUT2D eigenvalue weighted by Gasteiger charge is 2.30. The van der Waals surface area contributed by atoms with Crippen molar-refractivity contribution < 1.29 is 14.7 Å². The number of amides is 2.